The first-order chi connectivity index (χ1) is 12.9. The molecule has 27 heavy (non-hydrogen) atoms. The summed E-state index contributed by atoms with van der Waals surface area (Å²) in [5.74, 6) is 0.535. The van der Waals surface area contributed by atoms with Gasteiger partial charge < -0.3 is 0 Å². The Morgan fingerprint density at radius 3 is 2.33 bits per heavy atom. The van der Waals surface area contributed by atoms with Crippen LogP contribution in [0.1, 0.15) is 36.5 Å². The van der Waals surface area contributed by atoms with Gasteiger partial charge >= 0.3 is 0 Å². The Morgan fingerprint density at radius 1 is 1.04 bits per heavy atom. The lowest BCUT2D eigenvalue weighted by molar-refractivity contribution is 0.305. The van der Waals surface area contributed by atoms with Gasteiger partial charge in [0.25, 0.3) is 0 Å². The van der Waals surface area contributed by atoms with Crippen LogP contribution < -0.4 is 0 Å². The maximum Gasteiger partial charge on any atom is 0.196 e. The molecule has 4 nitrogen and oxygen atoms in total. The Bertz CT molecular complexity index is 911. The Hall–Kier alpha value is -1.89. The van der Waals surface area contributed by atoms with Gasteiger partial charge in [0.1, 0.15) is 5.82 Å². The summed E-state index contributed by atoms with van der Waals surface area (Å²) in [6.07, 6.45) is 0. The lowest BCUT2D eigenvalue weighted by atomic mass is 10.2. The molecule has 0 aliphatic rings. The van der Waals surface area contributed by atoms with E-state index in [4.69, 9.17) is 11.6 Å². The van der Waals surface area contributed by atoms with Gasteiger partial charge in [0.2, 0.25) is 0 Å². The highest BCUT2D eigenvalue weighted by Crippen LogP contribution is 2.38. The molecule has 0 saturated heterocycles. The van der Waals surface area contributed by atoms with Gasteiger partial charge in [0.15, 0.2) is 11.0 Å². The SMILES string of the molecule is C[C@H](Sc1nnc([C@H](C)N(C)C)n1-c1ccc(F)cc1)c1ccccc1Cl. The number of thioether (sulfide) groups is 1. The van der Waals surface area contributed by atoms with Crippen LogP contribution in [0.4, 0.5) is 4.39 Å². The molecule has 0 bridgehead atoms. The number of nitrogens with zero attached hydrogens (tertiary/aromatic N) is 4. The Kier molecular flexibility index (Phi) is 6.19. The molecule has 0 aliphatic carbocycles. The first-order valence-corrected chi connectivity index (χ1v) is 9.93. The number of hydrogen-bond acceptors (Lipinski definition) is 4. The summed E-state index contributed by atoms with van der Waals surface area (Å²) in [5.41, 5.74) is 1.87. The third-order valence-electron chi connectivity index (χ3n) is 4.52. The summed E-state index contributed by atoms with van der Waals surface area (Å²) in [6, 6.07) is 14.2. The zero-order chi connectivity index (χ0) is 19.6. The summed E-state index contributed by atoms with van der Waals surface area (Å²) in [4.78, 5) is 2.07. The van der Waals surface area contributed by atoms with E-state index in [9.17, 15) is 4.39 Å². The van der Waals surface area contributed by atoms with E-state index in [1.807, 2.05) is 42.9 Å². The van der Waals surface area contributed by atoms with Crippen LogP contribution >= 0.6 is 23.4 Å². The minimum atomic E-state index is -0.271. The van der Waals surface area contributed by atoms with Gasteiger partial charge in [-0.15, -0.1) is 10.2 Å². The average Bonchev–Trinajstić information content (AvgIpc) is 3.05. The quantitative estimate of drug-likeness (QED) is 0.505. The van der Waals surface area contributed by atoms with Crippen molar-refractivity contribution in [1.82, 2.24) is 19.7 Å². The van der Waals surface area contributed by atoms with E-state index in [0.717, 1.165) is 27.3 Å². The van der Waals surface area contributed by atoms with E-state index in [-0.39, 0.29) is 17.1 Å². The summed E-state index contributed by atoms with van der Waals surface area (Å²) in [7, 11) is 3.99. The molecule has 0 radical (unpaired) electrons. The zero-order valence-electron chi connectivity index (χ0n) is 15.7. The molecule has 0 spiro atoms. The van der Waals surface area contributed by atoms with Gasteiger partial charge in [-0.05, 0) is 63.8 Å². The molecular formula is C20H22ClFN4S. The van der Waals surface area contributed by atoms with Gasteiger partial charge in [-0.25, -0.2) is 4.39 Å². The second-order valence-electron chi connectivity index (χ2n) is 6.57. The second-order valence-corrected chi connectivity index (χ2v) is 8.29. The fraction of sp³-hybridized carbons (Fsp3) is 0.300. The average molecular weight is 405 g/mol. The van der Waals surface area contributed by atoms with Gasteiger partial charge in [-0.2, -0.15) is 0 Å². The van der Waals surface area contributed by atoms with Crippen molar-refractivity contribution >= 4 is 23.4 Å². The van der Waals surface area contributed by atoms with Gasteiger partial charge in [-0.1, -0.05) is 41.6 Å². The van der Waals surface area contributed by atoms with Crippen LogP contribution in [-0.2, 0) is 0 Å². The second kappa shape index (κ2) is 8.42. The van der Waals surface area contributed by atoms with Crippen LogP contribution in [0.3, 0.4) is 0 Å². The maximum atomic E-state index is 13.4. The third-order valence-corrected chi connectivity index (χ3v) is 5.94. The number of aromatic nitrogens is 3. The summed E-state index contributed by atoms with van der Waals surface area (Å²) in [5, 5.41) is 10.4. The summed E-state index contributed by atoms with van der Waals surface area (Å²) in [6.45, 7) is 4.15. The molecule has 0 fully saturated rings. The van der Waals surface area contributed by atoms with E-state index in [0.29, 0.717) is 0 Å². The fourth-order valence-corrected chi connectivity index (χ4v) is 4.12. The van der Waals surface area contributed by atoms with Crippen LogP contribution in [0.25, 0.3) is 5.69 Å². The van der Waals surface area contributed by atoms with Crippen molar-refractivity contribution in [1.29, 1.82) is 0 Å². The first-order valence-electron chi connectivity index (χ1n) is 8.67. The molecule has 1 aromatic heterocycles. The molecule has 0 aliphatic heterocycles. The Morgan fingerprint density at radius 2 is 1.70 bits per heavy atom. The van der Waals surface area contributed by atoms with E-state index in [2.05, 4.69) is 28.9 Å². The maximum absolute atomic E-state index is 13.4. The van der Waals surface area contributed by atoms with Gasteiger partial charge in [0.05, 0.1) is 6.04 Å². The van der Waals surface area contributed by atoms with Crippen molar-refractivity contribution in [3.63, 3.8) is 0 Å². The molecule has 3 aromatic rings. The molecule has 2 aromatic carbocycles. The molecule has 0 N–H and O–H groups in total. The highest BCUT2D eigenvalue weighted by Gasteiger charge is 2.23. The predicted octanol–water partition coefficient (Wildman–Crippen LogP) is 5.54. The molecule has 0 amide bonds. The van der Waals surface area contributed by atoms with Crippen molar-refractivity contribution in [2.75, 3.05) is 14.1 Å². The highest BCUT2D eigenvalue weighted by atomic mass is 35.5. The van der Waals surface area contributed by atoms with Crippen molar-refractivity contribution in [2.24, 2.45) is 0 Å². The minimum absolute atomic E-state index is 0.0486. The lowest BCUT2D eigenvalue weighted by Crippen LogP contribution is -2.20. The van der Waals surface area contributed by atoms with Crippen molar-refractivity contribution < 1.29 is 4.39 Å². The number of benzene rings is 2. The smallest absolute Gasteiger partial charge is 0.196 e. The van der Waals surface area contributed by atoms with Gasteiger partial charge in [0, 0.05) is 16.0 Å². The van der Waals surface area contributed by atoms with Crippen molar-refractivity contribution in [3.8, 4) is 5.69 Å². The lowest BCUT2D eigenvalue weighted by Gasteiger charge is -2.21. The zero-order valence-corrected chi connectivity index (χ0v) is 17.3. The number of rotatable bonds is 6. The van der Waals surface area contributed by atoms with Crippen LogP contribution in [0, 0.1) is 5.82 Å². The summed E-state index contributed by atoms with van der Waals surface area (Å²) >= 11 is 7.93. The van der Waals surface area contributed by atoms with E-state index >= 15 is 0 Å². The number of halogens is 2. The molecule has 3 rings (SSSR count). The van der Waals surface area contributed by atoms with Crippen LogP contribution in [0.15, 0.2) is 53.7 Å². The van der Waals surface area contributed by atoms with Crippen molar-refractivity contribution in [2.45, 2.75) is 30.3 Å². The third kappa shape index (κ3) is 4.34. The molecule has 1 heterocycles. The monoisotopic (exact) mass is 404 g/mol. The molecule has 2 atom stereocenters. The van der Waals surface area contributed by atoms with E-state index in [1.54, 1.807) is 23.9 Å². The van der Waals surface area contributed by atoms with Crippen LogP contribution in [-0.4, -0.2) is 33.8 Å². The molecule has 7 heteroatoms. The van der Waals surface area contributed by atoms with Crippen molar-refractivity contribution in [3.05, 3.63) is 70.8 Å². The standard InChI is InChI=1S/C20H22ClFN4S/c1-13(25(3)4)19-23-24-20(26(19)16-11-9-15(22)10-12-16)27-14(2)17-7-5-6-8-18(17)21/h5-14H,1-4H3/t13-,14-/m0/s1. The Labute approximate surface area is 168 Å². The largest absolute Gasteiger partial charge is 0.300 e. The summed E-state index contributed by atoms with van der Waals surface area (Å²) < 4.78 is 15.4. The van der Waals surface area contributed by atoms with Crippen LogP contribution in [0.5, 0.6) is 0 Å². The fourth-order valence-electron chi connectivity index (χ4n) is 2.72. The first kappa shape index (κ1) is 19.9. The molecule has 142 valence electrons. The normalized spacial score (nSPS) is 13.7. The van der Waals surface area contributed by atoms with Crippen LogP contribution in [0.2, 0.25) is 5.02 Å². The molecule has 0 saturated carbocycles. The predicted molar refractivity (Wildman–Crippen MR) is 109 cm³/mol. The topological polar surface area (TPSA) is 34.0 Å². The highest BCUT2D eigenvalue weighted by molar-refractivity contribution is 7.99. The minimum Gasteiger partial charge on any atom is -0.300 e. The van der Waals surface area contributed by atoms with E-state index in [1.165, 1.54) is 12.1 Å². The number of hydrogen-bond donors (Lipinski definition) is 0. The van der Waals surface area contributed by atoms with Gasteiger partial charge in [-0.3, -0.25) is 9.47 Å². The molecular weight excluding hydrogens is 383 g/mol. The molecule has 0 unspecified atom stereocenters. The van der Waals surface area contributed by atoms with E-state index < -0.39 is 0 Å². The Balaban J connectivity index is 2.02.